The van der Waals surface area contributed by atoms with Gasteiger partial charge in [-0.1, -0.05) is 24.3 Å². The predicted octanol–water partition coefficient (Wildman–Crippen LogP) is 3.87. The van der Waals surface area contributed by atoms with Gasteiger partial charge in [0, 0.05) is 6.08 Å². The van der Waals surface area contributed by atoms with Crippen molar-refractivity contribution in [3.63, 3.8) is 0 Å². The van der Waals surface area contributed by atoms with E-state index in [1.54, 1.807) is 18.2 Å². The van der Waals surface area contributed by atoms with Crippen molar-refractivity contribution < 1.29 is 28.2 Å². The van der Waals surface area contributed by atoms with Gasteiger partial charge < -0.3 is 19.9 Å². The Balaban J connectivity index is 1.77. The first-order valence-electron chi connectivity index (χ1n) is 7.52. The lowest BCUT2D eigenvalue weighted by atomic mass is 10.1. The molecule has 0 unspecified atom stereocenters. The van der Waals surface area contributed by atoms with Crippen LogP contribution in [-0.2, 0) is 0 Å². The normalized spacial score (nSPS) is 13.7. The van der Waals surface area contributed by atoms with Gasteiger partial charge >= 0.3 is 12.0 Å². The first-order valence-corrected chi connectivity index (χ1v) is 7.52. The minimum absolute atomic E-state index is 0.160. The van der Waals surface area contributed by atoms with Gasteiger partial charge in [0.25, 0.3) is 0 Å². The monoisotopic (exact) mass is 347 g/mol. The number of para-hydroxylation sites is 1. The summed E-state index contributed by atoms with van der Waals surface area (Å²) < 4.78 is 39.0. The maximum Gasteiger partial charge on any atom is 0.343 e. The second kappa shape index (κ2) is 6.80. The lowest BCUT2D eigenvalue weighted by Crippen LogP contribution is -2.25. The van der Waals surface area contributed by atoms with Crippen LogP contribution >= 0.6 is 0 Å². The van der Waals surface area contributed by atoms with E-state index in [2.05, 4.69) is 0 Å². The summed E-state index contributed by atoms with van der Waals surface area (Å²) >= 11 is 0. The summed E-state index contributed by atoms with van der Waals surface area (Å²) in [6, 6.07) is 6.95. The highest BCUT2D eigenvalue weighted by atomic mass is 19.3. The summed E-state index contributed by atoms with van der Waals surface area (Å²) in [6.45, 7) is 0.858. The lowest BCUT2D eigenvalue weighted by Gasteiger charge is -2.19. The molecule has 5 nitrogen and oxygen atoms in total. The summed E-state index contributed by atoms with van der Waals surface area (Å²) in [6.07, 6.45) is 1.89. The first kappa shape index (κ1) is 16.8. The van der Waals surface area contributed by atoms with E-state index in [0.29, 0.717) is 36.4 Å². The Bertz CT molecular complexity index is 820. The fourth-order valence-electron chi connectivity index (χ4n) is 2.36. The van der Waals surface area contributed by atoms with Crippen LogP contribution in [0.5, 0.6) is 11.5 Å². The largest absolute Gasteiger partial charge is 0.486 e. The van der Waals surface area contributed by atoms with Crippen LogP contribution in [0.25, 0.3) is 6.08 Å². The maximum atomic E-state index is 14.1. The molecular formula is C18H15F2NO4. The van der Waals surface area contributed by atoms with Crippen molar-refractivity contribution in [3.8, 4) is 11.5 Å². The molecule has 3 rings (SSSR count). The zero-order valence-electron chi connectivity index (χ0n) is 13.0. The summed E-state index contributed by atoms with van der Waals surface area (Å²) in [7, 11) is 0. The number of carboxylic acid groups (broad SMARTS) is 1. The number of carbonyl (C=O) groups is 1. The number of fused-ring (bicyclic) bond motifs is 1. The minimum Gasteiger partial charge on any atom is -0.486 e. The average Bonchev–Trinajstić information content (AvgIpc) is 2.60. The van der Waals surface area contributed by atoms with Gasteiger partial charge in [0.15, 0.2) is 11.5 Å². The Morgan fingerprint density at radius 3 is 2.60 bits per heavy atom. The Hall–Kier alpha value is -3.09. The SMILES string of the molecule is O=C(O)c1ccccc1NC(F)(F)C=Cc1ccc2c(c1)OCCO2. The summed E-state index contributed by atoms with van der Waals surface area (Å²) in [5.41, 5.74) is 0.124. The van der Waals surface area contributed by atoms with E-state index in [9.17, 15) is 13.6 Å². The van der Waals surface area contributed by atoms with E-state index in [0.717, 1.165) is 0 Å². The molecule has 0 radical (unpaired) electrons. The van der Waals surface area contributed by atoms with Crippen LogP contribution < -0.4 is 14.8 Å². The number of anilines is 1. The highest BCUT2D eigenvalue weighted by Crippen LogP contribution is 2.32. The van der Waals surface area contributed by atoms with Gasteiger partial charge in [-0.25, -0.2) is 4.79 Å². The van der Waals surface area contributed by atoms with Crippen molar-refractivity contribution in [1.29, 1.82) is 0 Å². The van der Waals surface area contributed by atoms with Crippen molar-refractivity contribution in [3.05, 3.63) is 59.7 Å². The third-order valence-electron chi connectivity index (χ3n) is 3.51. The molecule has 2 aromatic rings. The topological polar surface area (TPSA) is 67.8 Å². The van der Waals surface area contributed by atoms with Crippen molar-refractivity contribution >= 4 is 17.7 Å². The molecule has 0 fully saturated rings. The summed E-state index contributed by atoms with van der Waals surface area (Å²) in [4.78, 5) is 11.1. The molecule has 0 saturated heterocycles. The number of aromatic carboxylic acids is 1. The van der Waals surface area contributed by atoms with Crippen LogP contribution in [0.15, 0.2) is 48.5 Å². The van der Waals surface area contributed by atoms with Gasteiger partial charge in [-0.2, -0.15) is 8.78 Å². The van der Waals surface area contributed by atoms with E-state index < -0.39 is 12.0 Å². The standard InChI is InChI=1S/C18H15F2NO4/c19-18(20,21-14-4-2-1-3-13(14)17(22)23)8-7-12-5-6-15-16(11-12)25-10-9-24-15/h1-8,11,21H,9-10H2,(H,22,23). The van der Waals surface area contributed by atoms with Gasteiger partial charge in [-0.3, -0.25) is 0 Å². The zero-order chi connectivity index (χ0) is 17.9. The van der Waals surface area contributed by atoms with Gasteiger partial charge in [-0.15, -0.1) is 0 Å². The molecule has 7 heteroatoms. The van der Waals surface area contributed by atoms with E-state index in [1.165, 1.54) is 30.3 Å². The van der Waals surface area contributed by atoms with Crippen LogP contribution in [0, 0.1) is 0 Å². The maximum absolute atomic E-state index is 14.1. The Labute approximate surface area is 142 Å². The molecule has 25 heavy (non-hydrogen) atoms. The van der Waals surface area contributed by atoms with Crippen molar-refractivity contribution in [2.24, 2.45) is 0 Å². The Morgan fingerprint density at radius 2 is 1.84 bits per heavy atom. The zero-order valence-corrected chi connectivity index (χ0v) is 13.0. The highest BCUT2D eigenvalue weighted by Gasteiger charge is 2.26. The summed E-state index contributed by atoms with van der Waals surface area (Å²) in [5, 5.41) is 11.0. The summed E-state index contributed by atoms with van der Waals surface area (Å²) in [5.74, 6) is -0.209. The van der Waals surface area contributed by atoms with Gasteiger partial charge in [0.2, 0.25) is 0 Å². The fourth-order valence-corrected chi connectivity index (χ4v) is 2.36. The molecule has 1 heterocycles. The van der Waals surface area contributed by atoms with Gasteiger partial charge in [-0.05, 0) is 29.8 Å². The number of nitrogens with one attached hydrogen (secondary N) is 1. The number of rotatable bonds is 5. The lowest BCUT2D eigenvalue weighted by molar-refractivity contribution is 0.0695. The molecule has 2 N–H and O–H groups in total. The molecule has 0 aromatic heterocycles. The van der Waals surface area contributed by atoms with E-state index in [-0.39, 0.29) is 11.3 Å². The van der Waals surface area contributed by atoms with Crippen molar-refractivity contribution in [2.75, 3.05) is 18.5 Å². The molecule has 0 saturated carbocycles. The quantitative estimate of drug-likeness (QED) is 0.804. The third-order valence-corrected chi connectivity index (χ3v) is 3.51. The number of alkyl halides is 2. The Kier molecular flexibility index (Phi) is 4.56. The van der Waals surface area contributed by atoms with E-state index in [4.69, 9.17) is 14.6 Å². The fraction of sp³-hybridized carbons (Fsp3) is 0.167. The van der Waals surface area contributed by atoms with Crippen LogP contribution in [-0.4, -0.2) is 30.3 Å². The smallest absolute Gasteiger partial charge is 0.343 e. The van der Waals surface area contributed by atoms with Crippen LogP contribution in [0.2, 0.25) is 0 Å². The van der Waals surface area contributed by atoms with E-state index in [1.807, 2.05) is 5.32 Å². The molecule has 1 aliphatic heterocycles. The molecule has 0 amide bonds. The molecule has 0 aliphatic carbocycles. The van der Waals surface area contributed by atoms with Crippen molar-refractivity contribution in [2.45, 2.75) is 6.05 Å². The number of ether oxygens (including phenoxy) is 2. The van der Waals surface area contributed by atoms with E-state index >= 15 is 0 Å². The van der Waals surface area contributed by atoms with Crippen LogP contribution in [0.4, 0.5) is 14.5 Å². The number of carboxylic acids is 1. The molecule has 0 spiro atoms. The average molecular weight is 347 g/mol. The number of hydrogen-bond acceptors (Lipinski definition) is 4. The molecular weight excluding hydrogens is 332 g/mol. The van der Waals surface area contributed by atoms with Gasteiger partial charge in [0.1, 0.15) is 13.2 Å². The van der Waals surface area contributed by atoms with Gasteiger partial charge in [0.05, 0.1) is 11.3 Å². The number of hydrogen-bond donors (Lipinski definition) is 2. The number of benzene rings is 2. The van der Waals surface area contributed by atoms with Crippen LogP contribution in [0.1, 0.15) is 15.9 Å². The van der Waals surface area contributed by atoms with Crippen LogP contribution in [0.3, 0.4) is 0 Å². The van der Waals surface area contributed by atoms with Crippen molar-refractivity contribution in [1.82, 2.24) is 0 Å². The number of halogens is 2. The predicted molar refractivity (Wildman–Crippen MR) is 88.4 cm³/mol. The minimum atomic E-state index is -3.43. The molecule has 0 bridgehead atoms. The molecule has 2 aromatic carbocycles. The first-order chi connectivity index (χ1) is 11.9. The molecule has 1 aliphatic rings. The second-order valence-electron chi connectivity index (χ2n) is 5.34. The Morgan fingerprint density at radius 1 is 1.12 bits per heavy atom. The molecule has 0 atom stereocenters. The second-order valence-corrected chi connectivity index (χ2v) is 5.34. The highest BCUT2D eigenvalue weighted by molar-refractivity contribution is 5.94. The molecule has 130 valence electrons. The third kappa shape index (κ3) is 4.06.